The Bertz CT molecular complexity index is 488. The molecule has 0 spiro atoms. The van der Waals surface area contributed by atoms with Crippen molar-refractivity contribution >= 4 is 23.6 Å². The molecule has 1 aromatic carbocycles. The van der Waals surface area contributed by atoms with Crippen molar-refractivity contribution in [1.29, 1.82) is 0 Å². The number of carbonyl (C=O) groups excluding carboxylic acids is 2. The van der Waals surface area contributed by atoms with E-state index in [-0.39, 0.29) is 19.7 Å². The minimum Gasteiger partial charge on any atom is -0.465 e. The molecule has 0 saturated heterocycles. The van der Waals surface area contributed by atoms with Crippen LogP contribution in [0.25, 0.3) is 0 Å². The Labute approximate surface area is 128 Å². The molecule has 1 unspecified atom stereocenters. The molecule has 0 bridgehead atoms. The van der Waals surface area contributed by atoms with Crippen LogP contribution in [0.4, 0.5) is 4.79 Å². The van der Waals surface area contributed by atoms with Crippen molar-refractivity contribution < 1.29 is 19.4 Å². The highest BCUT2D eigenvalue weighted by Crippen LogP contribution is 2.21. The van der Waals surface area contributed by atoms with Gasteiger partial charge < -0.3 is 20.5 Å². The van der Waals surface area contributed by atoms with Gasteiger partial charge in [0, 0.05) is 5.02 Å². The third-order valence-corrected chi connectivity index (χ3v) is 3.01. The molecule has 3 N–H and O–H groups in total. The van der Waals surface area contributed by atoms with E-state index in [9.17, 15) is 14.7 Å². The average Bonchev–Trinajstić information content (AvgIpc) is 2.44. The number of nitrogens with one attached hydrogen (secondary N) is 2. The lowest BCUT2D eigenvalue weighted by molar-refractivity contribution is -0.141. The Kier molecular flexibility index (Phi) is 6.45. The summed E-state index contributed by atoms with van der Waals surface area (Å²) in [7, 11) is 0. The lowest BCUT2D eigenvalue weighted by atomic mass is 9.96. The van der Waals surface area contributed by atoms with E-state index < -0.39 is 17.6 Å². The summed E-state index contributed by atoms with van der Waals surface area (Å²) in [6.07, 6.45) is 0. The zero-order valence-electron chi connectivity index (χ0n) is 12.0. The maximum atomic E-state index is 11.5. The van der Waals surface area contributed by atoms with E-state index in [4.69, 9.17) is 11.6 Å². The molecule has 1 atom stereocenters. The zero-order valence-corrected chi connectivity index (χ0v) is 12.7. The molecule has 7 heteroatoms. The van der Waals surface area contributed by atoms with Gasteiger partial charge in [0.25, 0.3) is 0 Å². The summed E-state index contributed by atoms with van der Waals surface area (Å²) < 4.78 is 4.67. The first kappa shape index (κ1) is 17.3. The van der Waals surface area contributed by atoms with Gasteiger partial charge in [-0.1, -0.05) is 23.7 Å². The number of halogens is 1. The summed E-state index contributed by atoms with van der Waals surface area (Å²) in [5, 5.41) is 15.7. The van der Waals surface area contributed by atoms with Crippen LogP contribution >= 0.6 is 11.6 Å². The SMILES string of the molecule is CCOC(=O)CNC(=O)NCC(C)(O)c1ccc(Cl)cc1. The fourth-order valence-electron chi connectivity index (χ4n) is 1.59. The first-order valence-electron chi connectivity index (χ1n) is 6.51. The van der Waals surface area contributed by atoms with E-state index in [1.807, 2.05) is 0 Å². The second-order valence-corrected chi connectivity index (χ2v) is 5.06. The Morgan fingerprint density at radius 3 is 2.48 bits per heavy atom. The normalized spacial score (nSPS) is 13.1. The van der Waals surface area contributed by atoms with Crippen molar-refractivity contribution in [1.82, 2.24) is 10.6 Å². The number of rotatable bonds is 6. The van der Waals surface area contributed by atoms with E-state index in [0.717, 1.165) is 0 Å². The lowest BCUT2D eigenvalue weighted by Gasteiger charge is -2.24. The van der Waals surface area contributed by atoms with Crippen LogP contribution in [0.3, 0.4) is 0 Å². The van der Waals surface area contributed by atoms with Crippen molar-refractivity contribution in [3.05, 3.63) is 34.9 Å². The molecule has 0 radical (unpaired) electrons. The van der Waals surface area contributed by atoms with Gasteiger partial charge in [-0.3, -0.25) is 4.79 Å². The summed E-state index contributed by atoms with van der Waals surface area (Å²) in [6.45, 7) is 3.28. The predicted octanol–water partition coefficient (Wildman–Crippen LogP) is 1.41. The maximum absolute atomic E-state index is 11.5. The average molecular weight is 315 g/mol. The third-order valence-electron chi connectivity index (χ3n) is 2.76. The predicted molar refractivity (Wildman–Crippen MR) is 79.1 cm³/mol. The van der Waals surface area contributed by atoms with Crippen molar-refractivity contribution in [3.63, 3.8) is 0 Å². The van der Waals surface area contributed by atoms with Gasteiger partial charge in [-0.15, -0.1) is 0 Å². The van der Waals surface area contributed by atoms with Crippen molar-refractivity contribution in [2.75, 3.05) is 19.7 Å². The molecule has 0 aliphatic carbocycles. The molecule has 0 aliphatic heterocycles. The van der Waals surface area contributed by atoms with Crippen molar-refractivity contribution in [2.45, 2.75) is 19.4 Å². The molecule has 2 amide bonds. The van der Waals surface area contributed by atoms with E-state index in [0.29, 0.717) is 10.6 Å². The topological polar surface area (TPSA) is 87.7 Å². The van der Waals surface area contributed by atoms with Gasteiger partial charge in [-0.05, 0) is 31.5 Å². The maximum Gasteiger partial charge on any atom is 0.325 e. The molecular formula is C14H19ClN2O4. The van der Waals surface area contributed by atoms with Crippen LogP contribution in [0, 0.1) is 0 Å². The van der Waals surface area contributed by atoms with Gasteiger partial charge in [0.05, 0.1) is 13.2 Å². The number of ether oxygens (including phenoxy) is 1. The first-order valence-corrected chi connectivity index (χ1v) is 6.88. The second-order valence-electron chi connectivity index (χ2n) is 4.62. The van der Waals surface area contributed by atoms with Gasteiger partial charge in [-0.25, -0.2) is 4.79 Å². The molecule has 0 fully saturated rings. The number of aliphatic hydroxyl groups is 1. The van der Waals surface area contributed by atoms with Gasteiger partial charge in [0.1, 0.15) is 12.1 Å². The molecule has 21 heavy (non-hydrogen) atoms. The molecule has 0 heterocycles. The molecule has 1 aromatic rings. The Hall–Kier alpha value is -1.79. The highest BCUT2D eigenvalue weighted by atomic mass is 35.5. The molecule has 0 aromatic heterocycles. The van der Waals surface area contributed by atoms with Gasteiger partial charge in [0.15, 0.2) is 0 Å². The number of urea groups is 1. The summed E-state index contributed by atoms with van der Waals surface area (Å²) >= 11 is 5.78. The van der Waals surface area contributed by atoms with Crippen LogP contribution in [-0.2, 0) is 15.1 Å². The summed E-state index contributed by atoms with van der Waals surface area (Å²) in [6, 6.07) is 6.12. The summed E-state index contributed by atoms with van der Waals surface area (Å²) in [5.74, 6) is -0.517. The van der Waals surface area contributed by atoms with Crippen LogP contribution in [0.1, 0.15) is 19.4 Å². The standard InChI is InChI=1S/C14H19ClN2O4/c1-3-21-12(18)8-16-13(19)17-9-14(2,20)10-4-6-11(15)7-5-10/h4-7,20H,3,8-9H2,1-2H3,(H2,16,17,19). The van der Waals surface area contributed by atoms with Crippen LogP contribution < -0.4 is 10.6 Å². The van der Waals surface area contributed by atoms with E-state index in [2.05, 4.69) is 15.4 Å². The smallest absolute Gasteiger partial charge is 0.325 e. The number of carbonyl (C=O) groups is 2. The second kappa shape index (κ2) is 7.85. The third kappa shape index (κ3) is 6.01. The summed E-state index contributed by atoms with van der Waals surface area (Å²) in [4.78, 5) is 22.6. The number of amides is 2. The lowest BCUT2D eigenvalue weighted by Crippen LogP contribution is -2.44. The van der Waals surface area contributed by atoms with Crippen LogP contribution in [0.2, 0.25) is 5.02 Å². The van der Waals surface area contributed by atoms with E-state index in [1.54, 1.807) is 38.1 Å². The number of esters is 1. The monoisotopic (exact) mass is 314 g/mol. The Morgan fingerprint density at radius 2 is 1.90 bits per heavy atom. The Balaban J connectivity index is 2.44. The molecule has 6 nitrogen and oxygen atoms in total. The molecule has 116 valence electrons. The van der Waals surface area contributed by atoms with Crippen LogP contribution in [0.5, 0.6) is 0 Å². The minimum absolute atomic E-state index is 0.0106. The largest absolute Gasteiger partial charge is 0.465 e. The molecule has 0 saturated carbocycles. The fraction of sp³-hybridized carbons (Fsp3) is 0.429. The van der Waals surface area contributed by atoms with Gasteiger partial charge >= 0.3 is 12.0 Å². The van der Waals surface area contributed by atoms with Gasteiger partial charge in [0.2, 0.25) is 0 Å². The quantitative estimate of drug-likeness (QED) is 0.693. The number of benzene rings is 1. The molecule has 0 aliphatic rings. The minimum atomic E-state index is -1.24. The van der Waals surface area contributed by atoms with Gasteiger partial charge in [-0.2, -0.15) is 0 Å². The zero-order chi connectivity index (χ0) is 15.9. The van der Waals surface area contributed by atoms with E-state index in [1.165, 1.54) is 0 Å². The first-order chi connectivity index (χ1) is 9.85. The number of hydrogen-bond acceptors (Lipinski definition) is 4. The molecule has 1 rings (SSSR count). The van der Waals surface area contributed by atoms with Crippen LogP contribution in [-0.4, -0.2) is 36.8 Å². The number of hydrogen-bond donors (Lipinski definition) is 3. The molecular weight excluding hydrogens is 296 g/mol. The van der Waals surface area contributed by atoms with Crippen molar-refractivity contribution in [3.8, 4) is 0 Å². The fourth-order valence-corrected chi connectivity index (χ4v) is 1.72. The van der Waals surface area contributed by atoms with Crippen molar-refractivity contribution in [2.24, 2.45) is 0 Å². The van der Waals surface area contributed by atoms with Crippen LogP contribution in [0.15, 0.2) is 24.3 Å². The Morgan fingerprint density at radius 1 is 1.29 bits per heavy atom. The highest BCUT2D eigenvalue weighted by molar-refractivity contribution is 6.30. The summed E-state index contributed by atoms with van der Waals surface area (Å²) in [5.41, 5.74) is -0.621. The van der Waals surface area contributed by atoms with E-state index >= 15 is 0 Å². The highest BCUT2D eigenvalue weighted by Gasteiger charge is 2.23.